The molecule has 1 aliphatic rings. The Bertz CT molecular complexity index is 364. The number of hydrogen-bond acceptors (Lipinski definition) is 5. The van der Waals surface area contributed by atoms with Crippen LogP contribution in [-0.4, -0.2) is 34.7 Å². The Balaban J connectivity index is 1.86. The third-order valence-corrected chi connectivity index (χ3v) is 3.40. The van der Waals surface area contributed by atoms with Gasteiger partial charge in [0, 0.05) is 13.0 Å². The van der Waals surface area contributed by atoms with Crippen LogP contribution in [0.15, 0.2) is 4.52 Å². The van der Waals surface area contributed by atoms with Crippen molar-refractivity contribution in [2.75, 3.05) is 19.6 Å². The molecule has 1 aliphatic heterocycles. The average molecular weight is 252 g/mol. The number of nitrogens with zero attached hydrogens (tertiary/aromatic N) is 3. The van der Waals surface area contributed by atoms with Gasteiger partial charge in [-0.15, -0.1) is 0 Å². The van der Waals surface area contributed by atoms with Gasteiger partial charge in [-0.05, 0) is 37.8 Å². The fraction of sp³-hybridized carbons (Fsp3) is 0.846. The van der Waals surface area contributed by atoms with Gasteiger partial charge in [-0.2, -0.15) is 4.98 Å². The largest absolute Gasteiger partial charge is 0.338 e. The first-order valence-corrected chi connectivity index (χ1v) is 6.91. The second-order valence-electron chi connectivity index (χ2n) is 5.68. The molecule has 2 heterocycles. The number of piperidine rings is 1. The number of hydrogen-bond donors (Lipinski definition) is 1. The molecule has 1 atom stereocenters. The second-order valence-corrected chi connectivity index (χ2v) is 5.68. The van der Waals surface area contributed by atoms with E-state index in [9.17, 15) is 0 Å². The minimum absolute atomic E-state index is 0.562. The van der Waals surface area contributed by atoms with Crippen LogP contribution in [0.4, 0.5) is 0 Å². The van der Waals surface area contributed by atoms with E-state index in [2.05, 4.69) is 28.9 Å². The number of nitrogens with two attached hydrogens (primary N) is 1. The van der Waals surface area contributed by atoms with E-state index in [1.165, 1.54) is 12.8 Å². The Labute approximate surface area is 109 Å². The summed E-state index contributed by atoms with van der Waals surface area (Å²) >= 11 is 0. The van der Waals surface area contributed by atoms with E-state index >= 15 is 0 Å². The molecule has 5 nitrogen and oxygen atoms in total. The van der Waals surface area contributed by atoms with Gasteiger partial charge in [-0.1, -0.05) is 19.0 Å². The highest BCUT2D eigenvalue weighted by Gasteiger charge is 2.20. The number of aromatic nitrogens is 2. The van der Waals surface area contributed by atoms with E-state index in [1.807, 2.05) is 0 Å². The van der Waals surface area contributed by atoms with Gasteiger partial charge in [0.25, 0.3) is 0 Å². The van der Waals surface area contributed by atoms with Crippen molar-refractivity contribution in [2.24, 2.45) is 17.6 Å². The molecular weight excluding hydrogens is 228 g/mol. The summed E-state index contributed by atoms with van der Waals surface area (Å²) in [6, 6.07) is 0. The van der Waals surface area contributed by atoms with Crippen LogP contribution in [0, 0.1) is 11.8 Å². The first-order chi connectivity index (χ1) is 8.67. The third-order valence-electron chi connectivity index (χ3n) is 3.40. The summed E-state index contributed by atoms with van der Waals surface area (Å²) in [7, 11) is 0. The molecule has 5 heteroatoms. The van der Waals surface area contributed by atoms with Crippen molar-refractivity contribution in [2.45, 2.75) is 39.7 Å². The minimum atomic E-state index is 0.562. The smallest absolute Gasteiger partial charge is 0.240 e. The van der Waals surface area contributed by atoms with Crippen molar-refractivity contribution in [3.63, 3.8) is 0 Å². The lowest BCUT2D eigenvalue weighted by molar-refractivity contribution is 0.153. The van der Waals surface area contributed by atoms with E-state index in [0.717, 1.165) is 44.3 Å². The van der Waals surface area contributed by atoms with Crippen molar-refractivity contribution in [3.05, 3.63) is 11.7 Å². The molecule has 102 valence electrons. The molecule has 18 heavy (non-hydrogen) atoms. The molecule has 0 amide bonds. The normalized spacial score (nSPS) is 21.7. The summed E-state index contributed by atoms with van der Waals surface area (Å²) in [6.07, 6.45) is 3.35. The molecule has 1 saturated heterocycles. The zero-order chi connectivity index (χ0) is 13.0. The zero-order valence-electron chi connectivity index (χ0n) is 11.4. The van der Waals surface area contributed by atoms with E-state index in [0.29, 0.717) is 11.8 Å². The quantitative estimate of drug-likeness (QED) is 0.858. The fourth-order valence-electron chi connectivity index (χ4n) is 2.48. The first kappa shape index (κ1) is 13.5. The molecule has 1 unspecified atom stereocenters. The third kappa shape index (κ3) is 3.78. The van der Waals surface area contributed by atoms with Crippen molar-refractivity contribution < 1.29 is 4.52 Å². The highest BCUT2D eigenvalue weighted by Crippen LogP contribution is 2.17. The molecule has 0 bridgehead atoms. The van der Waals surface area contributed by atoms with Gasteiger partial charge in [0.1, 0.15) is 0 Å². The van der Waals surface area contributed by atoms with Crippen LogP contribution < -0.4 is 5.73 Å². The SMILES string of the molecule is CC(C)Cc1noc(CN2CCCC(CN)C2)n1. The van der Waals surface area contributed by atoms with E-state index in [4.69, 9.17) is 10.3 Å². The first-order valence-electron chi connectivity index (χ1n) is 6.91. The van der Waals surface area contributed by atoms with Crippen LogP contribution in [0.1, 0.15) is 38.4 Å². The molecule has 1 aromatic rings. The Hall–Kier alpha value is -0.940. The Kier molecular flexibility index (Phi) is 4.72. The summed E-state index contributed by atoms with van der Waals surface area (Å²) in [5, 5.41) is 4.02. The zero-order valence-corrected chi connectivity index (χ0v) is 11.4. The molecule has 2 N–H and O–H groups in total. The standard InChI is InChI=1S/C13H24N4O/c1-10(2)6-12-15-13(18-16-12)9-17-5-3-4-11(7-14)8-17/h10-11H,3-9,14H2,1-2H3. The van der Waals surface area contributed by atoms with Crippen LogP contribution in [0.3, 0.4) is 0 Å². The summed E-state index contributed by atoms with van der Waals surface area (Å²) in [4.78, 5) is 6.81. The maximum Gasteiger partial charge on any atom is 0.240 e. The summed E-state index contributed by atoms with van der Waals surface area (Å²) in [5.41, 5.74) is 5.74. The molecule has 1 aromatic heterocycles. The van der Waals surface area contributed by atoms with Gasteiger partial charge in [0.15, 0.2) is 5.82 Å². The molecule has 0 saturated carbocycles. The van der Waals surface area contributed by atoms with Gasteiger partial charge < -0.3 is 10.3 Å². The van der Waals surface area contributed by atoms with Gasteiger partial charge in [0.2, 0.25) is 5.89 Å². The van der Waals surface area contributed by atoms with Crippen LogP contribution in [-0.2, 0) is 13.0 Å². The number of likely N-dealkylation sites (tertiary alicyclic amines) is 1. The summed E-state index contributed by atoms with van der Waals surface area (Å²) < 4.78 is 5.30. The molecule has 0 aromatic carbocycles. The number of rotatable bonds is 5. The van der Waals surface area contributed by atoms with Crippen molar-refractivity contribution in [1.29, 1.82) is 0 Å². The van der Waals surface area contributed by atoms with E-state index in [-0.39, 0.29) is 0 Å². The maximum absolute atomic E-state index is 5.74. The molecule has 2 rings (SSSR count). The summed E-state index contributed by atoms with van der Waals surface area (Å²) in [5.74, 6) is 2.75. The molecule has 1 fully saturated rings. The topological polar surface area (TPSA) is 68.2 Å². The monoisotopic (exact) mass is 252 g/mol. The fourth-order valence-corrected chi connectivity index (χ4v) is 2.48. The Morgan fingerprint density at radius 2 is 2.33 bits per heavy atom. The van der Waals surface area contributed by atoms with E-state index in [1.54, 1.807) is 0 Å². The molecule has 0 spiro atoms. The predicted octanol–water partition coefficient (Wildman–Crippen LogP) is 1.44. The Morgan fingerprint density at radius 3 is 3.06 bits per heavy atom. The second kappa shape index (κ2) is 6.29. The van der Waals surface area contributed by atoms with Crippen LogP contribution in [0.25, 0.3) is 0 Å². The van der Waals surface area contributed by atoms with Crippen LogP contribution in [0.5, 0.6) is 0 Å². The van der Waals surface area contributed by atoms with Crippen LogP contribution >= 0.6 is 0 Å². The molecule has 0 aliphatic carbocycles. The highest BCUT2D eigenvalue weighted by atomic mass is 16.5. The van der Waals surface area contributed by atoms with Crippen molar-refractivity contribution in [1.82, 2.24) is 15.0 Å². The van der Waals surface area contributed by atoms with Crippen LogP contribution in [0.2, 0.25) is 0 Å². The lowest BCUT2D eigenvalue weighted by Gasteiger charge is -2.30. The maximum atomic E-state index is 5.74. The predicted molar refractivity (Wildman–Crippen MR) is 69.9 cm³/mol. The highest BCUT2D eigenvalue weighted by molar-refractivity contribution is 4.88. The summed E-state index contributed by atoms with van der Waals surface area (Å²) in [6.45, 7) is 8.02. The van der Waals surface area contributed by atoms with Gasteiger partial charge in [0.05, 0.1) is 6.54 Å². The minimum Gasteiger partial charge on any atom is -0.338 e. The lowest BCUT2D eigenvalue weighted by atomic mass is 9.98. The van der Waals surface area contributed by atoms with Crippen molar-refractivity contribution in [3.8, 4) is 0 Å². The molecular formula is C13H24N4O. The Morgan fingerprint density at radius 1 is 1.50 bits per heavy atom. The van der Waals surface area contributed by atoms with Gasteiger partial charge in [-0.3, -0.25) is 4.90 Å². The van der Waals surface area contributed by atoms with Gasteiger partial charge >= 0.3 is 0 Å². The average Bonchev–Trinajstić information content (AvgIpc) is 2.76. The van der Waals surface area contributed by atoms with Gasteiger partial charge in [-0.25, -0.2) is 0 Å². The lowest BCUT2D eigenvalue weighted by Crippen LogP contribution is -2.37. The van der Waals surface area contributed by atoms with E-state index < -0.39 is 0 Å². The molecule has 0 radical (unpaired) electrons. The van der Waals surface area contributed by atoms with Crippen molar-refractivity contribution >= 4 is 0 Å².